The van der Waals surface area contributed by atoms with E-state index in [2.05, 4.69) is 0 Å². The van der Waals surface area contributed by atoms with E-state index < -0.39 is 36.2 Å². The maximum absolute atomic E-state index is 12.6. The van der Waals surface area contributed by atoms with Gasteiger partial charge in [0.1, 0.15) is 17.2 Å². The highest BCUT2D eigenvalue weighted by atomic mass is 127. The van der Waals surface area contributed by atoms with Crippen LogP contribution in [0, 0.1) is 0 Å². The summed E-state index contributed by atoms with van der Waals surface area (Å²) in [6.07, 6.45) is -0.614. The molecule has 2 unspecified atom stereocenters. The van der Waals surface area contributed by atoms with E-state index in [1.165, 1.54) is 24.3 Å². The highest BCUT2D eigenvalue weighted by Gasteiger charge is 2.61. The highest BCUT2D eigenvalue weighted by Crippen LogP contribution is 2.71. The van der Waals surface area contributed by atoms with Crippen LogP contribution in [0.15, 0.2) is 48.5 Å². The van der Waals surface area contributed by atoms with Gasteiger partial charge in [-0.2, -0.15) is 1.33 Å². The van der Waals surface area contributed by atoms with E-state index in [0.29, 0.717) is 11.5 Å². The van der Waals surface area contributed by atoms with Gasteiger partial charge in [0.05, 0.1) is 0 Å². The van der Waals surface area contributed by atoms with Crippen molar-refractivity contribution in [1.29, 1.82) is 0 Å². The van der Waals surface area contributed by atoms with Crippen LogP contribution in [0.2, 0.25) is 0 Å². The second kappa shape index (κ2) is 12.8. The molecule has 200 valence electrons. The third-order valence-corrected chi connectivity index (χ3v) is 14.0. The Kier molecular flexibility index (Phi) is 11.5. The van der Waals surface area contributed by atoms with Gasteiger partial charge in [0.25, 0.3) is 5.08 Å². The number of aliphatic carboxylic acids is 1. The number of rotatable bonds is 13. The lowest BCUT2D eigenvalue weighted by Gasteiger charge is -2.31. The molecule has 0 spiro atoms. The molecule has 0 aromatic heterocycles. The van der Waals surface area contributed by atoms with E-state index in [4.69, 9.17) is 15.0 Å². The third-order valence-electron chi connectivity index (χ3n) is 4.88. The molecule has 0 aliphatic heterocycles. The quantitative estimate of drug-likeness (QED) is 0.0547. The van der Waals surface area contributed by atoms with E-state index in [1.807, 2.05) is 68.3 Å². The number of hydrogen-bond acceptors (Lipinski definition) is 8. The molecule has 0 fully saturated rings. The normalized spacial score (nSPS) is 17.0. The maximum Gasteiger partial charge on any atom is 0.420 e. The van der Waals surface area contributed by atoms with Crippen molar-refractivity contribution in [3.05, 3.63) is 54.1 Å². The second-order valence-electron chi connectivity index (χ2n) is 7.51. The first-order valence-electron chi connectivity index (χ1n) is 9.97. The maximum atomic E-state index is 12.6. The summed E-state index contributed by atoms with van der Waals surface area (Å²) in [5, 5.41) is 16.6. The van der Waals surface area contributed by atoms with Crippen LogP contribution in [0.5, 0.6) is 17.2 Å². The van der Waals surface area contributed by atoms with Crippen LogP contribution in [0.25, 0.3) is 0 Å². The summed E-state index contributed by atoms with van der Waals surface area (Å²) in [6, 6.07) is 12.0. The highest BCUT2D eigenvalue weighted by molar-refractivity contribution is 14.2. The van der Waals surface area contributed by atoms with Crippen LogP contribution in [-0.4, -0.2) is 47.4 Å². The topological polar surface area (TPSA) is 200 Å². The molecule has 2 rings (SSSR count). The molecule has 0 amide bonds. The summed E-state index contributed by atoms with van der Waals surface area (Å²) >= 11 is 5.71. The van der Waals surface area contributed by atoms with E-state index in [-0.39, 0.29) is 25.1 Å². The molecule has 3 atom stereocenters. The van der Waals surface area contributed by atoms with Crippen LogP contribution in [-0.2, 0) is 20.3 Å². The van der Waals surface area contributed by atoms with E-state index in [1.54, 1.807) is 25.6 Å². The molecule has 2 aromatic carbocycles. The minimum Gasteiger partial charge on any atom is -0.479 e. The molecular formula is C19H23I3N2O10P2. The van der Waals surface area contributed by atoms with Gasteiger partial charge in [-0.15, -0.1) is 0 Å². The van der Waals surface area contributed by atoms with Crippen LogP contribution in [0.3, 0.4) is 0 Å². The van der Waals surface area contributed by atoms with Gasteiger partial charge >= 0.3 is 21.2 Å². The van der Waals surface area contributed by atoms with Gasteiger partial charge in [0, 0.05) is 58.6 Å². The predicted molar refractivity (Wildman–Crippen MR) is 157 cm³/mol. The van der Waals surface area contributed by atoms with Crippen LogP contribution < -0.4 is 15.0 Å². The Balaban J connectivity index is 2.12. The number of nitrogens with zero attached hydrogens (tertiary/aromatic N) is 1. The molecule has 0 radical (unpaired) electrons. The summed E-state index contributed by atoms with van der Waals surface area (Å²) in [4.78, 5) is 40.8. The minimum atomic E-state index is -5.46. The molecule has 17 heteroatoms. The predicted octanol–water partition coefficient (Wildman–Crippen LogP) is 4.37. The van der Waals surface area contributed by atoms with Gasteiger partial charge in [0.15, 0.2) is 3.55 Å². The zero-order valence-corrected chi connectivity index (χ0v) is 26.5. The Bertz CT molecular complexity index is 1150. The molecule has 36 heavy (non-hydrogen) atoms. The van der Waals surface area contributed by atoms with Gasteiger partial charge in [-0.1, -0.05) is 12.1 Å². The summed E-state index contributed by atoms with van der Waals surface area (Å²) in [5.41, 5.74) is 6.07. The molecule has 2 aromatic rings. The monoisotopic (exact) mass is 882 g/mol. The number of carboxylic acids is 1. The Morgan fingerprint density at radius 3 is 1.86 bits per heavy atom. The molecule has 0 saturated heterocycles. The zero-order chi connectivity index (χ0) is 27.4. The summed E-state index contributed by atoms with van der Waals surface area (Å²) < 4.78 is 35.4. The molecule has 0 aliphatic carbocycles. The number of nitrogens with two attached hydrogens (primary N) is 1. The van der Waals surface area contributed by atoms with Gasteiger partial charge in [0.2, 0.25) is 0 Å². The molecular weight excluding hydrogens is 859 g/mol. The molecule has 0 aliphatic rings. The fourth-order valence-electron chi connectivity index (χ4n) is 2.86. The zero-order valence-electron chi connectivity index (χ0n) is 18.3. The van der Waals surface area contributed by atoms with Crippen molar-refractivity contribution >= 4 is 89.5 Å². The van der Waals surface area contributed by atoms with Crippen molar-refractivity contribution in [3.8, 4) is 17.2 Å². The summed E-state index contributed by atoms with van der Waals surface area (Å²) in [5.74, 6) is -0.443. The summed E-state index contributed by atoms with van der Waals surface area (Å²) in [7, 11) is -10.7. The van der Waals surface area contributed by atoms with Crippen molar-refractivity contribution in [1.82, 2.24) is 1.33 Å². The van der Waals surface area contributed by atoms with Crippen molar-refractivity contribution in [2.45, 2.75) is 27.9 Å². The van der Waals surface area contributed by atoms with Gasteiger partial charge < -0.3 is 39.9 Å². The first-order chi connectivity index (χ1) is 16.6. The number of hydrogen-bond donors (Lipinski definition) is 6. The largest absolute Gasteiger partial charge is 0.479 e. The lowest BCUT2D eigenvalue weighted by Crippen LogP contribution is -2.41. The average Bonchev–Trinajstić information content (AvgIpc) is 2.78. The first kappa shape index (κ1) is 32.1. The first-order valence-corrected chi connectivity index (χ1v) is 16.2. The van der Waals surface area contributed by atoms with Crippen molar-refractivity contribution in [3.63, 3.8) is 0 Å². The fourth-order valence-corrected chi connectivity index (χ4v) is 6.94. The van der Waals surface area contributed by atoms with E-state index in [0.717, 1.165) is 5.56 Å². The van der Waals surface area contributed by atoms with E-state index in [9.17, 15) is 38.8 Å². The smallest absolute Gasteiger partial charge is 0.420 e. The van der Waals surface area contributed by atoms with Gasteiger partial charge in [-0.05, 0) is 77.5 Å². The Morgan fingerprint density at radius 2 is 1.44 bits per heavy atom. The Morgan fingerprint density at radius 1 is 0.972 bits per heavy atom. The molecule has 7 N–H and O–H groups in total. The molecule has 0 heterocycles. The number of halogens is 3. The number of alkyl halides is 1. The standard InChI is InChI=1S/C19H23I3N2O10P2/c20-18(17(25)26,24(21)22)12-13-2-4-14(5-3-13)33-15-6-8-16(9-7-15)34-36(31,32)19(27,10-1-11-23)35(28,29)30/h2-9,27H,1,10-12,23H2,(H,25,26)(H,31,32)(H2,28,29,30)/t18-,19?/m0/s1. The van der Waals surface area contributed by atoms with Crippen molar-refractivity contribution in [2.24, 2.45) is 5.73 Å². The van der Waals surface area contributed by atoms with Crippen LogP contribution in [0.4, 0.5) is 0 Å². The molecule has 0 saturated carbocycles. The number of ether oxygens (including phenoxy) is 1. The number of carbonyl (C=O) groups is 1. The SMILES string of the molecule is NCCCC(O)(P(=O)(O)O)P(=O)(O)Oc1ccc(Oc2ccc(C[C@@](I)(C(=O)O)N(I)I)cc2)cc1. The Labute approximate surface area is 248 Å². The average molecular weight is 882 g/mol. The van der Waals surface area contributed by atoms with Crippen LogP contribution >= 0.6 is 83.5 Å². The molecule has 0 bridgehead atoms. The number of benzene rings is 2. The van der Waals surface area contributed by atoms with Gasteiger partial charge in [-0.3, -0.25) is 4.57 Å². The van der Waals surface area contributed by atoms with Gasteiger partial charge in [-0.25, -0.2) is 9.36 Å². The van der Waals surface area contributed by atoms with Crippen molar-refractivity contribution < 1.29 is 48.1 Å². The summed E-state index contributed by atoms with van der Waals surface area (Å²) in [6.45, 7) is -0.0667. The van der Waals surface area contributed by atoms with E-state index >= 15 is 0 Å². The minimum absolute atomic E-state index is 0.0667. The lowest BCUT2D eigenvalue weighted by molar-refractivity contribution is -0.140. The lowest BCUT2D eigenvalue weighted by atomic mass is 10.1. The second-order valence-corrected chi connectivity index (χ2v) is 17.2. The Hall–Kier alpha value is -0.0800. The molecule has 12 nitrogen and oxygen atoms in total. The number of aliphatic hydroxyl groups is 1. The van der Waals surface area contributed by atoms with Crippen molar-refractivity contribution in [2.75, 3.05) is 6.54 Å². The van der Waals surface area contributed by atoms with Crippen LogP contribution in [0.1, 0.15) is 18.4 Å². The fraction of sp³-hybridized carbons (Fsp3) is 0.316. The number of carboxylic acid groups (broad SMARTS) is 1. The third kappa shape index (κ3) is 7.74.